The summed E-state index contributed by atoms with van der Waals surface area (Å²) in [6, 6.07) is 0. The predicted octanol–water partition coefficient (Wildman–Crippen LogP) is 3.52. The molecule has 1 aromatic rings. The molecule has 0 saturated heterocycles. The van der Waals surface area contributed by atoms with Crippen LogP contribution in [0.15, 0.2) is 10.8 Å². The first kappa shape index (κ1) is 12.1. The zero-order chi connectivity index (χ0) is 11.5. The van der Waals surface area contributed by atoms with Gasteiger partial charge in [0.2, 0.25) is 0 Å². The van der Waals surface area contributed by atoms with E-state index in [2.05, 4.69) is 37.7 Å². The smallest absolute Gasteiger partial charge is 0.148 e. The van der Waals surface area contributed by atoms with Crippen molar-refractivity contribution in [2.75, 3.05) is 18.0 Å². The van der Waals surface area contributed by atoms with Gasteiger partial charge in [0.15, 0.2) is 0 Å². The Bertz CT molecular complexity index is 368. The molecule has 0 radical (unpaired) electrons. The van der Waals surface area contributed by atoms with E-state index in [0.29, 0.717) is 5.15 Å². The van der Waals surface area contributed by atoms with Crippen molar-refractivity contribution in [2.24, 2.45) is 5.92 Å². The van der Waals surface area contributed by atoms with Gasteiger partial charge in [-0.3, -0.25) is 0 Å². The number of anilines is 1. The summed E-state index contributed by atoms with van der Waals surface area (Å²) in [5, 5.41) is 0.483. The molecule has 5 heteroatoms. The van der Waals surface area contributed by atoms with Crippen molar-refractivity contribution in [1.29, 1.82) is 0 Å². The summed E-state index contributed by atoms with van der Waals surface area (Å²) in [5.41, 5.74) is 0. The topological polar surface area (TPSA) is 29.0 Å². The van der Waals surface area contributed by atoms with E-state index in [1.54, 1.807) is 0 Å². The molecule has 88 valence electrons. The molecule has 2 rings (SSSR count). The van der Waals surface area contributed by atoms with Crippen molar-refractivity contribution in [3.8, 4) is 0 Å². The largest absolute Gasteiger partial charge is 0.356 e. The fourth-order valence-corrected chi connectivity index (χ4v) is 2.50. The maximum atomic E-state index is 5.97. The van der Waals surface area contributed by atoms with Crippen LogP contribution in [0.2, 0.25) is 5.15 Å². The fourth-order valence-electron chi connectivity index (χ4n) is 1.91. The molecule has 1 aliphatic rings. The highest BCUT2D eigenvalue weighted by Crippen LogP contribution is 2.32. The Kier molecular flexibility index (Phi) is 4.03. The highest BCUT2D eigenvalue weighted by atomic mass is 79.9. The molecule has 0 aliphatic heterocycles. The van der Waals surface area contributed by atoms with Gasteiger partial charge in [-0.1, -0.05) is 18.0 Å². The fraction of sp³-hybridized carbons (Fsp3) is 0.636. The average molecular weight is 305 g/mol. The van der Waals surface area contributed by atoms with Crippen molar-refractivity contribution < 1.29 is 0 Å². The summed E-state index contributed by atoms with van der Waals surface area (Å²) < 4.78 is 0.804. The van der Waals surface area contributed by atoms with E-state index < -0.39 is 0 Å². The lowest BCUT2D eigenvalue weighted by atomic mass is 9.85. The Balaban J connectivity index is 2.15. The first-order valence-corrected chi connectivity index (χ1v) is 6.80. The number of rotatable bonds is 4. The molecule has 0 N–H and O–H groups in total. The van der Waals surface area contributed by atoms with E-state index in [1.165, 1.54) is 25.6 Å². The second kappa shape index (κ2) is 5.32. The molecule has 1 saturated carbocycles. The number of hydrogen-bond donors (Lipinski definition) is 0. The zero-order valence-corrected chi connectivity index (χ0v) is 11.6. The maximum absolute atomic E-state index is 5.97. The van der Waals surface area contributed by atoms with Gasteiger partial charge >= 0.3 is 0 Å². The van der Waals surface area contributed by atoms with Crippen molar-refractivity contribution in [3.05, 3.63) is 16.0 Å². The second-order valence-corrected chi connectivity index (χ2v) is 5.29. The van der Waals surface area contributed by atoms with Crippen LogP contribution in [-0.4, -0.2) is 23.1 Å². The summed E-state index contributed by atoms with van der Waals surface area (Å²) in [4.78, 5) is 10.5. The Morgan fingerprint density at radius 2 is 2.25 bits per heavy atom. The highest BCUT2D eigenvalue weighted by Gasteiger charge is 2.22. The molecule has 0 spiro atoms. The van der Waals surface area contributed by atoms with Gasteiger partial charge in [0.1, 0.15) is 17.3 Å². The van der Waals surface area contributed by atoms with Crippen molar-refractivity contribution in [1.82, 2.24) is 9.97 Å². The Morgan fingerprint density at radius 3 is 2.81 bits per heavy atom. The van der Waals surface area contributed by atoms with Gasteiger partial charge in [-0.25, -0.2) is 9.97 Å². The minimum Gasteiger partial charge on any atom is -0.356 e. The molecule has 0 amide bonds. The van der Waals surface area contributed by atoms with E-state index in [-0.39, 0.29) is 0 Å². The Hall–Kier alpha value is -0.350. The molecular formula is C11H15BrClN3. The van der Waals surface area contributed by atoms with Gasteiger partial charge in [-0.15, -0.1) is 0 Å². The maximum Gasteiger partial charge on any atom is 0.148 e. The van der Waals surface area contributed by atoms with E-state index in [4.69, 9.17) is 11.6 Å². The first-order valence-electron chi connectivity index (χ1n) is 5.63. The SMILES string of the molecule is CCN(CC1CCC1)c1ncnc(Cl)c1Br. The van der Waals surface area contributed by atoms with E-state index in [0.717, 1.165) is 29.3 Å². The minimum absolute atomic E-state index is 0.483. The molecule has 1 fully saturated rings. The highest BCUT2D eigenvalue weighted by molar-refractivity contribution is 9.10. The summed E-state index contributed by atoms with van der Waals surface area (Å²) in [6.45, 7) is 4.16. The second-order valence-electron chi connectivity index (χ2n) is 4.14. The Morgan fingerprint density at radius 1 is 1.50 bits per heavy atom. The van der Waals surface area contributed by atoms with Gasteiger partial charge in [-0.2, -0.15) is 0 Å². The number of hydrogen-bond acceptors (Lipinski definition) is 3. The molecule has 3 nitrogen and oxygen atoms in total. The summed E-state index contributed by atoms with van der Waals surface area (Å²) in [6.07, 6.45) is 5.57. The van der Waals surface area contributed by atoms with Gasteiger partial charge < -0.3 is 4.90 Å². The normalized spacial score (nSPS) is 15.9. The van der Waals surface area contributed by atoms with E-state index in [9.17, 15) is 0 Å². The quantitative estimate of drug-likeness (QED) is 0.797. The molecular weight excluding hydrogens is 289 g/mol. The van der Waals surface area contributed by atoms with E-state index >= 15 is 0 Å². The lowest BCUT2D eigenvalue weighted by Crippen LogP contribution is -2.33. The van der Waals surface area contributed by atoms with Crippen LogP contribution in [0, 0.1) is 5.92 Å². The summed E-state index contributed by atoms with van der Waals surface area (Å²) >= 11 is 9.43. The third-order valence-corrected chi connectivity index (χ3v) is 4.36. The van der Waals surface area contributed by atoms with Crippen molar-refractivity contribution in [2.45, 2.75) is 26.2 Å². The summed E-state index contributed by atoms with van der Waals surface area (Å²) in [5.74, 6) is 1.73. The van der Waals surface area contributed by atoms with Gasteiger partial charge in [0.05, 0.1) is 4.47 Å². The minimum atomic E-state index is 0.483. The third-order valence-electron chi connectivity index (χ3n) is 3.11. The molecule has 1 heterocycles. The number of halogens is 2. The number of aromatic nitrogens is 2. The molecule has 0 unspecified atom stereocenters. The van der Waals surface area contributed by atoms with Crippen LogP contribution in [0.25, 0.3) is 0 Å². The lowest BCUT2D eigenvalue weighted by molar-refractivity contribution is 0.318. The van der Waals surface area contributed by atoms with Crippen LogP contribution in [-0.2, 0) is 0 Å². The van der Waals surface area contributed by atoms with Crippen LogP contribution in [0.1, 0.15) is 26.2 Å². The number of nitrogens with zero attached hydrogens (tertiary/aromatic N) is 3. The molecule has 16 heavy (non-hydrogen) atoms. The van der Waals surface area contributed by atoms with Gasteiger partial charge in [0, 0.05) is 13.1 Å². The van der Waals surface area contributed by atoms with Crippen LogP contribution < -0.4 is 4.90 Å². The van der Waals surface area contributed by atoms with Crippen LogP contribution in [0.4, 0.5) is 5.82 Å². The predicted molar refractivity (Wildman–Crippen MR) is 70.0 cm³/mol. The molecule has 1 aliphatic carbocycles. The van der Waals surface area contributed by atoms with Crippen molar-refractivity contribution >= 4 is 33.3 Å². The Labute approximate surface area is 109 Å². The average Bonchev–Trinajstić information content (AvgIpc) is 2.22. The van der Waals surface area contributed by atoms with Gasteiger partial charge in [0.25, 0.3) is 0 Å². The molecule has 1 aromatic heterocycles. The molecule has 0 aromatic carbocycles. The first-order chi connectivity index (χ1) is 7.72. The lowest BCUT2D eigenvalue weighted by Gasteiger charge is -2.32. The zero-order valence-electron chi connectivity index (χ0n) is 9.29. The molecule has 0 bridgehead atoms. The van der Waals surface area contributed by atoms with Gasteiger partial charge in [-0.05, 0) is 41.6 Å². The van der Waals surface area contributed by atoms with Crippen molar-refractivity contribution in [3.63, 3.8) is 0 Å². The van der Waals surface area contributed by atoms with Crippen LogP contribution >= 0.6 is 27.5 Å². The van der Waals surface area contributed by atoms with Crippen LogP contribution in [0.3, 0.4) is 0 Å². The third kappa shape index (κ3) is 2.48. The van der Waals surface area contributed by atoms with Crippen LogP contribution in [0.5, 0.6) is 0 Å². The van der Waals surface area contributed by atoms with E-state index in [1.807, 2.05) is 0 Å². The summed E-state index contributed by atoms with van der Waals surface area (Å²) in [7, 11) is 0. The monoisotopic (exact) mass is 303 g/mol. The molecule has 0 atom stereocenters. The standard InChI is InChI=1S/C11H15BrClN3/c1-2-16(6-8-4-3-5-8)11-9(12)10(13)14-7-15-11/h7-8H,2-6H2,1H3.